The number of rotatable bonds is 4. The fraction of sp³-hybridized carbons (Fsp3) is 0. The number of hydrogen-bond donors (Lipinski definition) is 3. The first-order valence-corrected chi connectivity index (χ1v) is 3.90. The van der Waals surface area contributed by atoms with Crippen LogP contribution in [-0.4, -0.2) is 33.0 Å². The molecule has 8 nitrogen and oxygen atoms in total. The molecule has 0 saturated carbocycles. The van der Waals surface area contributed by atoms with Crippen molar-refractivity contribution in [2.45, 2.75) is 0 Å². The van der Waals surface area contributed by atoms with Crippen molar-refractivity contribution in [3.63, 3.8) is 0 Å². The topological polar surface area (TPSA) is 130 Å². The van der Waals surface area contributed by atoms with E-state index in [0.717, 1.165) is 12.3 Å². The molecule has 0 fully saturated rings. The molecule has 3 N–H and O–H groups in total. The van der Waals surface area contributed by atoms with Crippen molar-refractivity contribution in [1.82, 2.24) is 4.98 Å². The molecule has 0 radical (unpaired) electrons. The number of hydrogen-bond acceptors (Lipinski definition) is 5. The Bertz CT molecular complexity index is 461. The summed E-state index contributed by atoms with van der Waals surface area (Å²) in [4.78, 5) is 34.9. The minimum Gasteiger partial charge on any atom is -0.478 e. The smallest absolute Gasteiger partial charge is 0.373 e. The molecule has 0 bridgehead atoms. The minimum atomic E-state index is -1.32. The van der Waals surface area contributed by atoms with Gasteiger partial charge in [0.1, 0.15) is 0 Å². The van der Waals surface area contributed by atoms with E-state index in [1.54, 1.807) is 0 Å². The fourth-order valence-electron chi connectivity index (χ4n) is 0.725. The van der Waals surface area contributed by atoms with Crippen molar-refractivity contribution in [3.05, 3.63) is 24.1 Å². The molecule has 84 valence electrons. The molecule has 0 aliphatic heterocycles. The van der Waals surface area contributed by atoms with Crippen LogP contribution in [0.15, 0.2) is 22.8 Å². The molecule has 16 heavy (non-hydrogen) atoms. The zero-order chi connectivity index (χ0) is 12.1. The van der Waals surface area contributed by atoms with E-state index in [2.05, 4.69) is 9.40 Å². The van der Waals surface area contributed by atoms with Crippen LogP contribution in [0.2, 0.25) is 0 Å². The van der Waals surface area contributed by atoms with Crippen LogP contribution in [0.4, 0.5) is 6.01 Å². The molecule has 0 aliphatic carbocycles. The Morgan fingerprint density at radius 2 is 2.00 bits per heavy atom. The monoisotopic (exact) mass is 226 g/mol. The molecular formula is C8H6N2O6. The molecule has 0 aromatic carbocycles. The number of carboxylic acids is 2. The minimum absolute atomic E-state index is 0.322. The van der Waals surface area contributed by atoms with Crippen molar-refractivity contribution >= 4 is 23.9 Å². The summed E-state index contributed by atoms with van der Waals surface area (Å²) in [7, 11) is 0. The van der Waals surface area contributed by atoms with Gasteiger partial charge in [-0.05, 0) is 0 Å². The summed E-state index contributed by atoms with van der Waals surface area (Å²) in [6, 6.07) is -0.322. The number of aromatic nitrogens is 1. The predicted molar refractivity (Wildman–Crippen MR) is 48.9 cm³/mol. The van der Waals surface area contributed by atoms with Gasteiger partial charge in [0.15, 0.2) is 0 Å². The first kappa shape index (κ1) is 11.4. The van der Waals surface area contributed by atoms with Gasteiger partial charge >= 0.3 is 18.0 Å². The number of oxazole rings is 1. The highest BCUT2D eigenvalue weighted by atomic mass is 16.4. The van der Waals surface area contributed by atoms with E-state index in [-0.39, 0.29) is 6.01 Å². The third-order valence-corrected chi connectivity index (χ3v) is 1.32. The summed E-state index contributed by atoms with van der Waals surface area (Å²) >= 11 is 0. The quantitative estimate of drug-likeness (QED) is 0.613. The summed E-state index contributed by atoms with van der Waals surface area (Å²) in [5.41, 5.74) is 0. The van der Waals surface area contributed by atoms with Crippen LogP contribution in [0.3, 0.4) is 0 Å². The lowest BCUT2D eigenvalue weighted by atomic mass is 10.5. The SMILES string of the molecule is O=C(O)/C=C\C(=O)Nc1ncc(C(=O)O)o1. The van der Waals surface area contributed by atoms with Crippen LogP contribution in [0.1, 0.15) is 10.6 Å². The van der Waals surface area contributed by atoms with Crippen molar-refractivity contribution in [3.8, 4) is 0 Å². The highest BCUT2D eigenvalue weighted by molar-refractivity contribution is 6.01. The lowest BCUT2D eigenvalue weighted by Gasteiger charge is -1.93. The van der Waals surface area contributed by atoms with E-state index in [0.29, 0.717) is 6.08 Å². The highest BCUT2D eigenvalue weighted by Crippen LogP contribution is 2.08. The molecule has 1 heterocycles. The second-order valence-corrected chi connectivity index (χ2v) is 2.50. The van der Waals surface area contributed by atoms with Crippen LogP contribution in [-0.2, 0) is 9.59 Å². The molecule has 8 heteroatoms. The van der Waals surface area contributed by atoms with Gasteiger partial charge < -0.3 is 14.6 Å². The Labute approximate surface area is 88.2 Å². The fourth-order valence-corrected chi connectivity index (χ4v) is 0.725. The van der Waals surface area contributed by atoms with E-state index in [9.17, 15) is 14.4 Å². The van der Waals surface area contributed by atoms with E-state index in [1.165, 1.54) is 0 Å². The first-order chi connectivity index (χ1) is 7.49. The summed E-state index contributed by atoms with van der Waals surface area (Å²) < 4.78 is 4.60. The van der Waals surface area contributed by atoms with Gasteiger partial charge in [-0.2, -0.15) is 0 Å². The van der Waals surface area contributed by atoms with Gasteiger partial charge in [0.25, 0.3) is 5.91 Å². The van der Waals surface area contributed by atoms with Gasteiger partial charge in [-0.25, -0.2) is 14.6 Å². The van der Waals surface area contributed by atoms with Crippen molar-refractivity contribution in [2.24, 2.45) is 0 Å². The Kier molecular flexibility index (Phi) is 3.38. The molecule has 1 aromatic rings. The van der Waals surface area contributed by atoms with E-state index in [4.69, 9.17) is 10.2 Å². The summed E-state index contributed by atoms with van der Waals surface area (Å²) in [5, 5.41) is 18.7. The second-order valence-electron chi connectivity index (χ2n) is 2.50. The third kappa shape index (κ3) is 3.25. The summed E-state index contributed by atoms with van der Waals surface area (Å²) in [6.45, 7) is 0. The van der Waals surface area contributed by atoms with Gasteiger partial charge in [0.05, 0.1) is 6.20 Å². The Hall–Kier alpha value is -2.64. The zero-order valence-corrected chi connectivity index (χ0v) is 7.71. The summed E-state index contributed by atoms with van der Waals surface area (Å²) in [5.74, 6) is -3.83. The van der Waals surface area contributed by atoms with Crippen LogP contribution in [0, 0.1) is 0 Å². The Morgan fingerprint density at radius 3 is 2.50 bits per heavy atom. The van der Waals surface area contributed by atoms with E-state index in [1.807, 2.05) is 5.32 Å². The third-order valence-electron chi connectivity index (χ3n) is 1.32. The Morgan fingerprint density at radius 1 is 1.31 bits per heavy atom. The highest BCUT2D eigenvalue weighted by Gasteiger charge is 2.11. The van der Waals surface area contributed by atoms with Crippen LogP contribution in [0.5, 0.6) is 0 Å². The average molecular weight is 226 g/mol. The van der Waals surface area contributed by atoms with Crippen LogP contribution in [0.25, 0.3) is 0 Å². The second kappa shape index (κ2) is 4.73. The number of nitrogens with one attached hydrogen (secondary N) is 1. The number of nitrogens with zero attached hydrogens (tertiary/aromatic N) is 1. The van der Waals surface area contributed by atoms with Crippen molar-refractivity contribution in [2.75, 3.05) is 5.32 Å². The first-order valence-electron chi connectivity index (χ1n) is 3.90. The molecule has 0 spiro atoms. The van der Waals surface area contributed by atoms with Crippen molar-refractivity contribution in [1.29, 1.82) is 0 Å². The molecule has 1 rings (SSSR count). The Balaban J connectivity index is 2.63. The molecule has 0 unspecified atom stereocenters. The maximum Gasteiger partial charge on any atom is 0.373 e. The van der Waals surface area contributed by atoms with Gasteiger partial charge in [0, 0.05) is 12.2 Å². The van der Waals surface area contributed by atoms with Crippen LogP contribution >= 0.6 is 0 Å². The number of aliphatic carboxylic acids is 1. The maximum absolute atomic E-state index is 11.0. The number of carbonyl (C=O) groups excluding carboxylic acids is 1. The van der Waals surface area contributed by atoms with Gasteiger partial charge in [-0.15, -0.1) is 0 Å². The number of anilines is 1. The zero-order valence-electron chi connectivity index (χ0n) is 7.71. The van der Waals surface area contributed by atoms with E-state index < -0.39 is 23.6 Å². The normalized spacial score (nSPS) is 10.2. The molecule has 0 saturated heterocycles. The van der Waals surface area contributed by atoms with Gasteiger partial charge in [-0.3, -0.25) is 10.1 Å². The van der Waals surface area contributed by atoms with Gasteiger partial charge in [0.2, 0.25) is 5.76 Å². The van der Waals surface area contributed by atoms with Gasteiger partial charge in [-0.1, -0.05) is 0 Å². The average Bonchev–Trinajstić information content (AvgIpc) is 2.63. The van der Waals surface area contributed by atoms with Crippen molar-refractivity contribution < 1.29 is 29.0 Å². The molecule has 0 atom stereocenters. The van der Waals surface area contributed by atoms with Crippen LogP contribution < -0.4 is 5.32 Å². The summed E-state index contributed by atoms with van der Waals surface area (Å²) in [6.07, 6.45) is 2.28. The lowest BCUT2D eigenvalue weighted by molar-refractivity contribution is -0.131. The number of carboxylic acid groups (broad SMARTS) is 2. The van der Waals surface area contributed by atoms with E-state index >= 15 is 0 Å². The molecular weight excluding hydrogens is 220 g/mol. The molecule has 1 aromatic heterocycles. The standard InChI is InChI=1S/C8H6N2O6/c11-5(1-2-6(12)13)10-8-9-3-4(16-8)7(14)15/h1-3H,(H,12,13)(H,14,15)(H,9,10,11)/b2-1-. The lowest BCUT2D eigenvalue weighted by Crippen LogP contribution is -2.08. The maximum atomic E-state index is 11.0. The number of amides is 1. The predicted octanol–water partition coefficient (Wildman–Crippen LogP) is -0.0479. The number of carbonyl (C=O) groups is 3. The molecule has 0 aliphatic rings. The largest absolute Gasteiger partial charge is 0.478 e. The number of aromatic carboxylic acids is 1. The molecule has 1 amide bonds.